The van der Waals surface area contributed by atoms with E-state index in [1.807, 2.05) is 6.92 Å². The molecule has 3 fully saturated rings. The lowest BCUT2D eigenvalue weighted by Gasteiger charge is -2.68. The first-order valence-electron chi connectivity index (χ1n) is 13.9. The Hall–Kier alpha value is -1.08. The van der Waals surface area contributed by atoms with Crippen molar-refractivity contribution in [3.8, 4) is 0 Å². The van der Waals surface area contributed by atoms with Crippen LogP contribution in [0.4, 0.5) is 0 Å². The number of rotatable bonds is 5. The molecule has 0 aromatic rings. The Morgan fingerprint density at radius 3 is 2.25 bits per heavy atom. The van der Waals surface area contributed by atoms with Crippen LogP contribution in [-0.2, 0) is 9.59 Å². The Labute approximate surface area is 216 Å². The summed E-state index contributed by atoms with van der Waals surface area (Å²) >= 11 is 0. The van der Waals surface area contributed by atoms with Crippen molar-refractivity contribution in [2.24, 2.45) is 39.4 Å². The number of carbonyl (C=O) groups excluding carboxylic acids is 2. The van der Waals surface area contributed by atoms with E-state index in [-0.39, 0.29) is 40.8 Å². The second-order valence-electron chi connectivity index (χ2n) is 14.5. The molecule has 0 amide bonds. The Morgan fingerprint density at radius 2 is 1.67 bits per heavy atom. The molecule has 4 aliphatic carbocycles. The van der Waals surface area contributed by atoms with Gasteiger partial charge in [-0.3, -0.25) is 9.59 Å². The zero-order chi connectivity index (χ0) is 27.2. The van der Waals surface area contributed by atoms with Crippen molar-refractivity contribution in [3.05, 3.63) is 11.1 Å². The lowest BCUT2D eigenvalue weighted by molar-refractivity contribution is -0.208. The van der Waals surface area contributed by atoms with Gasteiger partial charge < -0.3 is 20.4 Å². The normalized spacial score (nSPS) is 42.9. The summed E-state index contributed by atoms with van der Waals surface area (Å²) in [5.41, 5.74) is -0.998. The first-order valence-corrected chi connectivity index (χ1v) is 13.9. The lowest BCUT2D eigenvalue weighted by Crippen LogP contribution is -2.65. The van der Waals surface area contributed by atoms with E-state index in [9.17, 15) is 30.0 Å². The third kappa shape index (κ3) is 3.72. The standard InChI is InChI=1S/C30H48O6/c1-16(13-19(32)25(35)27(4,5)36)23-17-14-18(31)24-28(6)11-10-22(34)26(2,3)21(28)9-12-29(24,7)30(17,8)15-20(23)33/h16,18-19,21,24-25,31-32,35-36H,9-15H2,1-8H3/t16-,18+,19+,21+,24+,25-,28+,29+,30+/m1/s1. The second kappa shape index (κ2) is 8.46. The summed E-state index contributed by atoms with van der Waals surface area (Å²) in [4.78, 5) is 26.5. The molecule has 0 aliphatic heterocycles. The fourth-order valence-corrected chi connectivity index (χ4v) is 9.62. The summed E-state index contributed by atoms with van der Waals surface area (Å²) in [5.74, 6) is 0.305. The van der Waals surface area contributed by atoms with E-state index in [1.54, 1.807) is 0 Å². The number of ketones is 2. The maximum absolute atomic E-state index is 13.6. The van der Waals surface area contributed by atoms with Gasteiger partial charge in [-0.05, 0) is 80.1 Å². The van der Waals surface area contributed by atoms with Crippen LogP contribution in [0.5, 0.6) is 0 Å². The molecule has 3 saturated carbocycles. The van der Waals surface area contributed by atoms with Gasteiger partial charge in [-0.15, -0.1) is 0 Å². The van der Waals surface area contributed by atoms with E-state index < -0.39 is 34.7 Å². The molecule has 0 heterocycles. The topological polar surface area (TPSA) is 115 Å². The van der Waals surface area contributed by atoms with Crippen LogP contribution in [-0.4, -0.2) is 55.9 Å². The fraction of sp³-hybridized carbons (Fsp3) is 0.867. The highest BCUT2D eigenvalue weighted by Crippen LogP contribution is 2.73. The summed E-state index contributed by atoms with van der Waals surface area (Å²) in [5, 5.41) is 42.9. The van der Waals surface area contributed by atoms with Crippen LogP contribution >= 0.6 is 0 Å². The Kier molecular flexibility index (Phi) is 6.57. The number of hydrogen-bond donors (Lipinski definition) is 4. The number of Topliss-reactive ketones (excluding diaryl/α,β-unsaturated/α-hetero) is 2. The van der Waals surface area contributed by atoms with Crippen LogP contribution in [0, 0.1) is 39.4 Å². The molecule has 0 aromatic carbocycles. The van der Waals surface area contributed by atoms with E-state index in [0.29, 0.717) is 30.6 Å². The smallest absolute Gasteiger partial charge is 0.160 e. The number of aliphatic hydroxyl groups excluding tert-OH is 3. The molecule has 0 radical (unpaired) electrons. The molecule has 0 saturated heterocycles. The van der Waals surface area contributed by atoms with E-state index >= 15 is 0 Å². The minimum absolute atomic E-state index is 0.00469. The molecule has 4 aliphatic rings. The SMILES string of the molecule is C[C@H](C[C@H](O)[C@@H](O)C(C)(C)O)C1=C2C[C@H](O)[C@H]3[C@@]4(C)CCC(=O)C(C)(C)[C@@H]4CC[C@]3(C)[C@@]2(C)CC1=O. The largest absolute Gasteiger partial charge is 0.392 e. The van der Waals surface area contributed by atoms with E-state index in [0.717, 1.165) is 24.8 Å². The zero-order valence-electron chi connectivity index (χ0n) is 23.5. The lowest BCUT2D eigenvalue weighted by atomic mass is 9.36. The van der Waals surface area contributed by atoms with Gasteiger partial charge >= 0.3 is 0 Å². The molecule has 4 rings (SSSR count). The van der Waals surface area contributed by atoms with Crippen molar-refractivity contribution >= 4 is 11.6 Å². The average Bonchev–Trinajstić information content (AvgIpc) is 3.00. The minimum Gasteiger partial charge on any atom is -0.392 e. The number of hydrogen-bond acceptors (Lipinski definition) is 6. The van der Waals surface area contributed by atoms with Gasteiger partial charge in [0, 0.05) is 23.7 Å². The molecular formula is C30H48O6. The van der Waals surface area contributed by atoms with Crippen molar-refractivity contribution in [3.63, 3.8) is 0 Å². The Balaban J connectivity index is 1.72. The van der Waals surface area contributed by atoms with Crippen LogP contribution < -0.4 is 0 Å². The molecule has 0 spiro atoms. The number of aliphatic hydroxyl groups is 4. The van der Waals surface area contributed by atoms with Crippen molar-refractivity contribution in [2.75, 3.05) is 0 Å². The van der Waals surface area contributed by atoms with Crippen LogP contribution in [0.15, 0.2) is 11.1 Å². The number of fused-ring (bicyclic) bond motifs is 5. The highest BCUT2D eigenvalue weighted by atomic mass is 16.4. The van der Waals surface area contributed by atoms with Crippen LogP contribution in [0.2, 0.25) is 0 Å². The molecular weight excluding hydrogens is 456 g/mol. The third-order valence-electron chi connectivity index (χ3n) is 11.7. The maximum Gasteiger partial charge on any atom is 0.160 e. The van der Waals surface area contributed by atoms with Crippen molar-refractivity contribution in [1.29, 1.82) is 0 Å². The molecule has 9 atom stereocenters. The van der Waals surface area contributed by atoms with Gasteiger partial charge in [0.05, 0.1) is 17.8 Å². The van der Waals surface area contributed by atoms with Gasteiger partial charge in [-0.25, -0.2) is 0 Å². The van der Waals surface area contributed by atoms with Crippen LogP contribution in [0.3, 0.4) is 0 Å². The van der Waals surface area contributed by atoms with Crippen molar-refractivity contribution < 1.29 is 30.0 Å². The molecule has 36 heavy (non-hydrogen) atoms. The van der Waals surface area contributed by atoms with E-state index in [2.05, 4.69) is 34.6 Å². The monoisotopic (exact) mass is 504 g/mol. The Bertz CT molecular complexity index is 974. The summed E-state index contributed by atoms with van der Waals surface area (Å²) < 4.78 is 0. The second-order valence-corrected chi connectivity index (χ2v) is 14.5. The third-order valence-corrected chi connectivity index (χ3v) is 11.7. The fourth-order valence-electron chi connectivity index (χ4n) is 9.62. The van der Waals surface area contributed by atoms with Gasteiger partial charge in [-0.1, -0.05) is 47.1 Å². The summed E-state index contributed by atoms with van der Waals surface area (Å²) in [6, 6.07) is 0. The van der Waals surface area contributed by atoms with Crippen molar-refractivity contribution in [1.82, 2.24) is 0 Å². The molecule has 6 heteroatoms. The van der Waals surface area contributed by atoms with Gasteiger partial charge in [0.2, 0.25) is 0 Å². The molecule has 0 unspecified atom stereocenters. The van der Waals surface area contributed by atoms with E-state index in [1.165, 1.54) is 13.8 Å². The average molecular weight is 505 g/mol. The van der Waals surface area contributed by atoms with Crippen LogP contribution in [0.25, 0.3) is 0 Å². The summed E-state index contributed by atoms with van der Waals surface area (Å²) in [6.45, 7) is 15.7. The summed E-state index contributed by atoms with van der Waals surface area (Å²) in [6.07, 6.45) is 1.01. The molecule has 4 N–H and O–H groups in total. The molecule has 204 valence electrons. The maximum atomic E-state index is 13.6. The first kappa shape index (κ1) is 27.9. The van der Waals surface area contributed by atoms with E-state index in [4.69, 9.17) is 0 Å². The first-order chi connectivity index (χ1) is 16.3. The highest BCUT2D eigenvalue weighted by Gasteiger charge is 2.70. The predicted molar refractivity (Wildman–Crippen MR) is 138 cm³/mol. The minimum atomic E-state index is -1.45. The van der Waals surface area contributed by atoms with Gasteiger partial charge in [0.15, 0.2) is 5.78 Å². The zero-order valence-corrected chi connectivity index (χ0v) is 23.5. The number of carbonyl (C=O) groups is 2. The van der Waals surface area contributed by atoms with Gasteiger partial charge in [-0.2, -0.15) is 0 Å². The van der Waals surface area contributed by atoms with Crippen molar-refractivity contribution in [2.45, 2.75) is 124 Å². The highest BCUT2D eigenvalue weighted by molar-refractivity contribution is 6.00. The molecule has 0 bridgehead atoms. The number of allylic oxidation sites excluding steroid dienone is 1. The summed E-state index contributed by atoms with van der Waals surface area (Å²) in [7, 11) is 0. The molecule has 0 aromatic heterocycles. The van der Waals surface area contributed by atoms with Gasteiger partial charge in [0.1, 0.15) is 11.9 Å². The quantitative estimate of drug-likeness (QED) is 0.450. The van der Waals surface area contributed by atoms with Gasteiger partial charge in [0.25, 0.3) is 0 Å². The Morgan fingerprint density at radius 1 is 1.06 bits per heavy atom. The van der Waals surface area contributed by atoms with Crippen LogP contribution in [0.1, 0.15) is 100 Å². The molecule has 6 nitrogen and oxygen atoms in total. The predicted octanol–water partition coefficient (Wildman–Crippen LogP) is 3.97.